The second-order valence-electron chi connectivity index (χ2n) is 9.35. The van der Waals surface area contributed by atoms with Crippen LogP contribution in [0.15, 0.2) is 47.4 Å². The summed E-state index contributed by atoms with van der Waals surface area (Å²) in [6.07, 6.45) is -1.03. The normalized spacial score (nSPS) is 16.8. The van der Waals surface area contributed by atoms with Crippen LogP contribution in [0.1, 0.15) is 39.3 Å². The second-order valence-corrected chi connectivity index (χ2v) is 11.1. The molecule has 2 unspecified atom stereocenters. The highest BCUT2D eigenvalue weighted by molar-refractivity contribution is 7.89. The van der Waals surface area contributed by atoms with E-state index in [0.717, 1.165) is 12.1 Å². The zero-order chi connectivity index (χ0) is 30.9. The number of esters is 1. The monoisotopic (exact) mass is 616 g/mol. The van der Waals surface area contributed by atoms with Gasteiger partial charge in [0, 0.05) is 29.8 Å². The first-order valence-corrected chi connectivity index (χ1v) is 14.4. The summed E-state index contributed by atoms with van der Waals surface area (Å²) in [6, 6.07) is 9.66. The van der Waals surface area contributed by atoms with E-state index < -0.39 is 33.1 Å². The van der Waals surface area contributed by atoms with E-state index in [1.807, 2.05) is 0 Å². The van der Waals surface area contributed by atoms with Crippen LogP contribution in [0.3, 0.4) is 0 Å². The summed E-state index contributed by atoms with van der Waals surface area (Å²) in [5, 5.41) is 10.9. The number of hydrogen-bond acceptors (Lipinski definition) is 12. The van der Waals surface area contributed by atoms with E-state index >= 15 is 0 Å². The number of methoxy groups -OCH3 is 4. The molecule has 0 radical (unpaired) electrons. The standard InChI is InChI=1S/C28H28N2O12S/c1-36-19-10-9-18(22(24(19)37-2)28(31)39-4)23-27(42-23)21-15(13-20-25(26(21)38-3)41-14-40-20)11-12-29-43(34,35)17-7-5-16(6-8-17)30(32)33/h5-10,13,23,27,29H,11-12,14H2,1-4H3. The third-order valence-electron chi connectivity index (χ3n) is 7.04. The average molecular weight is 617 g/mol. The summed E-state index contributed by atoms with van der Waals surface area (Å²) in [5.74, 6) is 1.05. The van der Waals surface area contributed by atoms with Gasteiger partial charge in [0.1, 0.15) is 17.8 Å². The lowest BCUT2D eigenvalue weighted by Gasteiger charge is -2.17. The number of nitrogens with zero attached hydrogens (tertiary/aromatic N) is 1. The number of carbonyl (C=O) groups excluding carboxylic acids is 1. The van der Waals surface area contributed by atoms with Crippen LogP contribution in [0, 0.1) is 10.1 Å². The number of nitro benzene ring substituents is 1. The number of rotatable bonds is 12. The fourth-order valence-electron chi connectivity index (χ4n) is 5.01. The van der Waals surface area contributed by atoms with E-state index in [0.29, 0.717) is 39.7 Å². The van der Waals surface area contributed by atoms with Crippen LogP contribution in [0.2, 0.25) is 0 Å². The van der Waals surface area contributed by atoms with Crippen molar-refractivity contribution >= 4 is 21.7 Å². The molecule has 1 N–H and O–H groups in total. The van der Waals surface area contributed by atoms with Crippen molar-refractivity contribution in [2.24, 2.45) is 0 Å². The van der Waals surface area contributed by atoms with Crippen molar-refractivity contribution < 1.29 is 51.3 Å². The van der Waals surface area contributed by atoms with E-state index in [9.17, 15) is 23.3 Å². The summed E-state index contributed by atoms with van der Waals surface area (Å²) in [5.41, 5.74) is 1.67. The molecule has 228 valence electrons. The Labute approximate surface area is 246 Å². The van der Waals surface area contributed by atoms with Gasteiger partial charge in [0.25, 0.3) is 5.69 Å². The quantitative estimate of drug-likeness (QED) is 0.136. The number of carbonyl (C=O) groups is 1. The Morgan fingerprint density at radius 2 is 1.72 bits per heavy atom. The molecule has 3 aromatic carbocycles. The summed E-state index contributed by atoms with van der Waals surface area (Å²) in [7, 11) is 1.62. The van der Waals surface area contributed by atoms with Crippen molar-refractivity contribution in [3.05, 3.63) is 74.8 Å². The molecule has 1 fully saturated rings. The minimum Gasteiger partial charge on any atom is -0.493 e. The molecule has 2 atom stereocenters. The molecule has 43 heavy (non-hydrogen) atoms. The van der Waals surface area contributed by atoms with Gasteiger partial charge in [-0.25, -0.2) is 17.9 Å². The Morgan fingerprint density at radius 1 is 1.00 bits per heavy atom. The van der Waals surface area contributed by atoms with E-state index in [1.165, 1.54) is 40.6 Å². The van der Waals surface area contributed by atoms with Crippen molar-refractivity contribution in [2.45, 2.75) is 23.5 Å². The molecule has 15 heteroatoms. The molecule has 2 heterocycles. The van der Waals surface area contributed by atoms with Crippen LogP contribution in [0.4, 0.5) is 5.69 Å². The lowest BCUT2D eigenvalue weighted by Crippen LogP contribution is -2.26. The number of nitro groups is 1. The maximum atomic E-state index is 12.9. The van der Waals surface area contributed by atoms with Crippen LogP contribution in [0.5, 0.6) is 28.7 Å². The zero-order valence-electron chi connectivity index (χ0n) is 23.6. The van der Waals surface area contributed by atoms with Crippen LogP contribution in [0.25, 0.3) is 0 Å². The van der Waals surface area contributed by atoms with Crippen molar-refractivity contribution in [3.63, 3.8) is 0 Å². The molecule has 14 nitrogen and oxygen atoms in total. The van der Waals surface area contributed by atoms with Gasteiger partial charge >= 0.3 is 5.97 Å². The van der Waals surface area contributed by atoms with Gasteiger partial charge in [-0.05, 0) is 36.2 Å². The minimum atomic E-state index is -3.97. The highest BCUT2D eigenvalue weighted by Crippen LogP contribution is 2.59. The SMILES string of the molecule is COC(=O)c1c(C2OC2c2c(CCNS(=O)(=O)c3ccc([N+](=O)[O-])cc3)cc3c(c2OC)OCO3)ccc(OC)c1OC. The summed E-state index contributed by atoms with van der Waals surface area (Å²) in [6.45, 7) is -0.0608. The van der Waals surface area contributed by atoms with Gasteiger partial charge in [0.05, 0.1) is 38.3 Å². The second kappa shape index (κ2) is 11.9. The largest absolute Gasteiger partial charge is 0.493 e. The first-order valence-electron chi connectivity index (χ1n) is 12.9. The molecule has 0 spiro atoms. The maximum Gasteiger partial charge on any atom is 0.342 e. The van der Waals surface area contributed by atoms with E-state index in [-0.39, 0.29) is 41.7 Å². The topological polar surface area (TPSA) is 174 Å². The molecule has 0 aliphatic carbocycles. The first kappa shape index (κ1) is 29.9. The number of nitrogens with one attached hydrogen (secondary N) is 1. The Hall–Kier alpha value is -4.60. The van der Waals surface area contributed by atoms with Crippen LogP contribution in [-0.2, 0) is 25.9 Å². The number of non-ortho nitro benzene ring substituents is 1. The maximum absolute atomic E-state index is 12.9. The van der Waals surface area contributed by atoms with Gasteiger partial charge in [0.2, 0.25) is 22.6 Å². The predicted octanol–water partition coefficient (Wildman–Crippen LogP) is 3.47. The summed E-state index contributed by atoms with van der Waals surface area (Å²) < 4.78 is 67.2. The number of sulfonamides is 1. The molecule has 0 bridgehead atoms. The molecule has 1 saturated heterocycles. The molecule has 2 aliphatic rings. The first-order chi connectivity index (χ1) is 20.6. The van der Waals surface area contributed by atoms with E-state index in [2.05, 4.69) is 4.72 Å². The Bertz CT molecular complexity index is 1670. The Balaban J connectivity index is 1.46. The van der Waals surface area contributed by atoms with Crippen molar-refractivity contribution in [2.75, 3.05) is 41.8 Å². The van der Waals surface area contributed by atoms with Crippen molar-refractivity contribution in [3.8, 4) is 28.7 Å². The van der Waals surface area contributed by atoms with Gasteiger partial charge < -0.3 is 33.2 Å². The van der Waals surface area contributed by atoms with Gasteiger partial charge in [-0.3, -0.25) is 10.1 Å². The molecule has 0 aromatic heterocycles. The third kappa shape index (κ3) is 5.61. The van der Waals surface area contributed by atoms with Crippen molar-refractivity contribution in [1.29, 1.82) is 0 Å². The highest BCUT2D eigenvalue weighted by Gasteiger charge is 2.48. The molecule has 2 aliphatic heterocycles. The van der Waals surface area contributed by atoms with Crippen molar-refractivity contribution in [1.82, 2.24) is 4.72 Å². The van der Waals surface area contributed by atoms with E-state index in [1.54, 1.807) is 18.2 Å². The number of benzene rings is 3. The third-order valence-corrected chi connectivity index (χ3v) is 8.52. The Morgan fingerprint density at radius 3 is 2.35 bits per heavy atom. The summed E-state index contributed by atoms with van der Waals surface area (Å²) in [4.78, 5) is 23.0. The molecule has 3 aromatic rings. The van der Waals surface area contributed by atoms with Crippen LogP contribution >= 0.6 is 0 Å². The zero-order valence-corrected chi connectivity index (χ0v) is 24.4. The highest BCUT2D eigenvalue weighted by atomic mass is 32.2. The van der Waals surface area contributed by atoms with Crippen LogP contribution < -0.4 is 28.4 Å². The fourth-order valence-corrected chi connectivity index (χ4v) is 6.04. The van der Waals surface area contributed by atoms with E-state index in [4.69, 9.17) is 33.2 Å². The minimum absolute atomic E-state index is 0.0293. The number of epoxide rings is 1. The number of hydrogen-bond donors (Lipinski definition) is 1. The number of ether oxygens (including phenoxy) is 7. The van der Waals surface area contributed by atoms with Gasteiger partial charge in [-0.1, -0.05) is 6.07 Å². The lowest BCUT2D eigenvalue weighted by molar-refractivity contribution is -0.384. The number of fused-ring (bicyclic) bond motifs is 1. The molecule has 0 saturated carbocycles. The van der Waals surface area contributed by atoms with Gasteiger partial charge in [0.15, 0.2) is 23.0 Å². The van der Waals surface area contributed by atoms with Gasteiger partial charge in [-0.2, -0.15) is 0 Å². The summed E-state index contributed by atoms with van der Waals surface area (Å²) >= 11 is 0. The fraction of sp³-hybridized carbons (Fsp3) is 0.321. The smallest absolute Gasteiger partial charge is 0.342 e. The molecular formula is C28H28N2O12S. The lowest BCUT2D eigenvalue weighted by atomic mass is 9.93. The Kier molecular flexibility index (Phi) is 8.30. The molecular weight excluding hydrogens is 588 g/mol. The predicted molar refractivity (Wildman–Crippen MR) is 149 cm³/mol. The average Bonchev–Trinajstić information content (AvgIpc) is 3.65. The van der Waals surface area contributed by atoms with Gasteiger partial charge in [-0.15, -0.1) is 0 Å². The molecule has 5 rings (SSSR count). The molecule has 0 amide bonds. The van der Waals surface area contributed by atoms with Crippen LogP contribution in [-0.4, -0.2) is 61.1 Å².